The molecule has 26 heavy (non-hydrogen) atoms. The lowest BCUT2D eigenvalue weighted by Gasteiger charge is -2.20. The molecule has 3 rings (SSSR count). The maximum atomic E-state index is 14.2. The van der Waals surface area contributed by atoms with Crippen molar-refractivity contribution in [2.45, 2.75) is 20.0 Å². The minimum Gasteiger partial charge on any atom is -0.203 e. The van der Waals surface area contributed by atoms with Crippen LogP contribution in [0.15, 0.2) is 0 Å². The van der Waals surface area contributed by atoms with Gasteiger partial charge in [-0.15, -0.1) is 0 Å². The minimum atomic E-state index is -5.14. The molecule has 0 aliphatic heterocycles. The number of alkyl halides is 3. The minimum absolute atomic E-state index is 0.112. The summed E-state index contributed by atoms with van der Waals surface area (Å²) < 4.78 is 117. The predicted molar refractivity (Wildman–Crippen MR) is 77.1 cm³/mol. The molecule has 0 saturated carbocycles. The van der Waals surface area contributed by atoms with Crippen LogP contribution in [0.3, 0.4) is 0 Å². The van der Waals surface area contributed by atoms with Crippen molar-refractivity contribution in [3.8, 4) is 11.1 Å². The highest BCUT2D eigenvalue weighted by atomic mass is 32.1. The van der Waals surface area contributed by atoms with Crippen molar-refractivity contribution in [1.29, 1.82) is 0 Å². The fourth-order valence-corrected chi connectivity index (χ4v) is 3.43. The average Bonchev–Trinajstić information content (AvgIpc) is 3.05. The van der Waals surface area contributed by atoms with Crippen LogP contribution in [0.25, 0.3) is 22.2 Å². The molecule has 0 aliphatic rings. The van der Waals surface area contributed by atoms with Crippen molar-refractivity contribution >= 4 is 22.8 Å². The standard InChI is InChI=1S/C15H6F8N2S/c1-3-5(6-8(16)10(18)12(20)11(19)9(6)17)7(15(21,22)23)4(2)14-13(3)24-26-25-14/h1-2H3. The first-order valence-electron chi connectivity index (χ1n) is 6.82. The third kappa shape index (κ3) is 2.44. The molecule has 1 heterocycles. The number of aromatic nitrogens is 2. The highest BCUT2D eigenvalue weighted by molar-refractivity contribution is 7.00. The molecule has 0 spiro atoms. The summed E-state index contributed by atoms with van der Waals surface area (Å²) >= 11 is 0.559. The van der Waals surface area contributed by atoms with Crippen LogP contribution in [0.1, 0.15) is 16.7 Å². The monoisotopic (exact) mass is 398 g/mol. The van der Waals surface area contributed by atoms with Gasteiger partial charge in [0.1, 0.15) is 11.0 Å². The number of hydrogen-bond acceptors (Lipinski definition) is 3. The summed E-state index contributed by atoms with van der Waals surface area (Å²) in [5, 5.41) is 0. The summed E-state index contributed by atoms with van der Waals surface area (Å²) in [6.45, 7) is 2.04. The van der Waals surface area contributed by atoms with Gasteiger partial charge in [0.2, 0.25) is 5.82 Å². The first-order chi connectivity index (χ1) is 12.0. The van der Waals surface area contributed by atoms with Crippen molar-refractivity contribution < 1.29 is 35.1 Å². The Balaban J connectivity index is 2.61. The molecule has 0 unspecified atom stereocenters. The van der Waals surface area contributed by atoms with Crippen LogP contribution >= 0.6 is 11.7 Å². The summed E-state index contributed by atoms with van der Waals surface area (Å²) in [7, 11) is 0. The molecule has 0 aliphatic carbocycles. The van der Waals surface area contributed by atoms with Crippen LogP contribution in [0.5, 0.6) is 0 Å². The molecule has 11 heteroatoms. The first-order valence-corrected chi connectivity index (χ1v) is 7.55. The number of rotatable bonds is 1. The number of benzene rings is 2. The molecule has 0 fully saturated rings. The fraction of sp³-hybridized carbons (Fsp3) is 0.200. The van der Waals surface area contributed by atoms with Gasteiger partial charge >= 0.3 is 6.18 Å². The average molecular weight is 398 g/mol. The molecule has 0 bridgehead atoms. The van der Waals surface area contributed by atoms with E-state index in [2.05, 4.69) is 8.75 Å². The fourth-order valence-electron chi connectivity index (χ4n) is 2.78. The van der Waals surface area contributed by atoms with Crippen molar-refractivity contribution in [3.05, 3.63) is 45.8 Å². The molecule has 138 valence electrons. The third-order valence-electron chi connectivity index (χ3n) is 3.94. The Morgan fingerprint density at radius 2 is 1.08 bits per heavy atom. The Morgan fingerprint density at radius 1 is 0.654 bits per heavy atom. The van der Waals surface area contributed by atoms with Crippen molar-refractivity contribution in [3.63, 3.8) is 0 Å². The molecular weight excluding hydrogens is 392 g/mol. The van der Waals surface area contributed by atoms with E-state index in [0.717, 1.165) is 13.8 Å². The quantitative estimate of drug-likeness (QED) is 0.299. The van der Waals surface area contributed by atoms with Gasteiger partial charge in [-0.05, 0) is 25.0 Å². The maximum Gasteiger partial charge on any atom is 0.417 e. The second-order valence-corrected chi connectivity index (χ2v) is 5.93. The Kier molecular flexibility index (Phi) is 4.17. The van der Waals surface area contributed by atoms with Gasteiger partial charge in [-0.1, -0.05) is 0 Å². The molecule has 2 nitrogen and oxygen atoms in total. The largest absolute Gasteiger partial charge is 0.417 e. The molecule has 0 N–H and O–H groups in total. The molecule has 0 amide bonds. The van der Waals surface area contributed by atoms with Gasteiger partial charge in [0, 0.05) is 5.56 Å². The molecule has 1 aromatic heterocycles. The van der Waals surface area contributed by atoms with Gasteiger partial charge in [0.15, 0.2) is 23.3 Å². The zero-order valence-corrected chi connectivity index (χ0v) is 13.6. The zero-order valence-electron chi connectivity index (χ0n) is 12.8. The van der Waals surface area contributed by atoms with E-state index in [1.54, 1.807) is 0 Å². The van der Waals surface area contributed by atoms with Gasteiger partial charge in [-0.2, -0.15) is 21.9 Å². The lowest BCUT2D eigenvalue weighted by Crippen LogP contribution is -2.14. The summed E-state index contributed by atoms with van der Waals surface area (Å²) in [6.07, 6.45) is -5.14. The number of halogens is 8. The van der Waals surface area contributed by atoms with Gasteiger partial charge in [-0.25, -0.2) is 22.0 Å². The number of hydrogen-bond donors (Lipinski definition) is 0. The van der Waals surface area contributed by atoms with Gasteiger partial charge in [0.25, 0.3) is 0 Å². The molecule has 0 radical (unpaired) electrons. The topological polar surface area (TPSA) is 25.8 Å². The van der Waals surface area contributed by atoms with E-state index in [4.69, 9.17) is 0 Å². The van der Waals surface area contributed by atoms with E-state index in [1.165, 1.54) is 0 Å². The highest BCUT2D eigenvalue weighted by Gasteiger charge is 2.41. The van der Waals surface area contributed by atoms with Crippen LogP contribution in [-0.4, -0.2) is 8.75 Å². The van der Waals surface area contributed by atoms with Crippen LogP contribution in [-0.2, 0) is 6.18 Å². The second-order valence-electron chi connectivity index (χ2n) is 5.40. The van der Waals surface area contributed by atoms with E-state index >= 15 is 0 Å². The Bertz CT molecular complexity index is 1030. The van der Waals surface area contributed by atoms with Crippen LogP contribution in [0, 0.1) is 42.9 Å². The molecule has 2 aromatic carbocycles. The lowest BCUT2D eigenvalue weighted by molar-refractivity contribution is -0.137. The lowest BCUT2D eigenvalue weighted by atomic mass is 9.89. The van der Waals surface area contributed by atoms with Crippen LogP contribution < -0.4 is 0 Å². The van der Waals surface area contributed by atoms with E-state index in [1.807, 2.05) is 0 Å². The first kappa shape index (κ1) is 18.5. The number of aryl methyl sites for hydroxylation is 2. The van der Waals surface area contributed by atoms with E-state index < -0.39 is 63.1 Å². The normalized spacial score (nSPS) is 12.2. The maximum absolute atomic E-state index is 14.2. The van der Waals surface area contributed by atoms with Gasteiger partial charge in [-0.3, -0.25) is 0 Å². The summed E-state index contributed by atoms with van der Waals surface area (Å²) in [5.41, 5.74) is -5.52. The smallest absolute Gasteiger partial charge is 0.203 e. The number of fused-ring (bicyclic) bond motifs is 1. The molecule has 0 atom stereocenters. The summed E-state index contributed by atoms with van der Waals surface area (Å²) in [5.74, 6) is -11.8. The van der Waals surface area contributed by atoms with Gasteiger partial charge < -0.3 is 0 Å². The summed E-state index contributed by atoms with van der Waals surface area (Å²) in [4.78, 5) is 0. The van der Waals surface area contributed by atoms with E-state index in [-0.39, 0.29) is 11.0 Å². The van der Waals surface area contributed by atoms with Crippen molar-refractivity contribution in [2.24, 2.45) is 0 Å². The molecular formula is C15H6F8N2S. The molecule has 0 saturated heterocycles. The van der Waals surface area contributed by atoms with Gasteiger partial charge in [0.05, 0.1) is 22.9 Å². The SMILES string of the molecule is Cc1c(-c2c(F)c(F)c(F)c(F)c2F)c(C(F)(F)F)c(C)c2nsnc12. The van der Waals surface area contributed by atoms with Crippen LogP contribution in [0.4, 0.5) is 35.1 Å². The molecule has 3 aromatic rings. The third-order valence-corrected chi connectivity index (χ3v) is 4.47. The Morgan fingerprint density at radius 3 is 1.54 bits per heavy atom. The summed E-state index contributed by atoms with van der Waals surface area (Å²) in [6, 6.07) is 0. The highest BCUT2D eigenvalue weighted by Crippen LogP contribution is 2.46. The van der Waals surface area contributed by atoms with Crippen molar-refractivity contribution in [2.75, 3.05) is 0 Å². The van der Waals surface area contributed by atoms with Crippen LogP contribution in [0.2, 0.25) is 0 Å². The van der Waals surface area contributed by atoms with Crippen molar-refractivity contribution in [1.82, 2.24) is 8.75 Å². The zero-order chi connectivity index (χ0) is 19.5. The van der Waals surface area contributed by atoms with E-state index in [9.17, 15) is 35.1 Å². The Hall–Kier alpha value is -2.30. The second kappa shape index (κ2) is 5.86. The predicted octanol–water partition coefficient (Wildman–Crippen LogP) is 5.69. The Labute approximate surface area is 144 Å². The van der Waals surface area contributed by atoms with E-state index in [0.29, 0.717) is 11.7 Å². The number of nitrogens with zero attached hydrogens (tertiary/aromatic N) is 2.